The van der Waals surface area contributed by atoms with Crippen LogP contribution in [-0.4, -0.2) is 27.5 Å². The van der Waals surface area contributed by atoms with E-state index in [1.165, 1.54) is 11.3 Å². The summed E-state index contributed by atoms with van der Waals surface area (Å²) in [5.74, 6) is 1.01. The highest BCUT2D eigenvalue weighted by molar-refractivity contribution is 7.12. The summed E-state index contributed by atoms with van der Waals surface area (Å²) in [6.45, 7) is 2.35. The third-order valence-corrected chi connectivity index (χ3v) is 7.50. The lowest BCUT2D eigenvalue weighted by Gasteiger charge is -2.22. The summed E-state index contributed by atoms with van der Waals surface area (Å²) in [6.07, 6.45) is 5.39. The van der Waals surface area contributed by atoms with Crippen LogP contribution >= 0.6 is 11.3 Å². The first-order valence-electron chi connectivity index (χ1n) is 11.5. The van der Waals surface area contributed by atoms with Crippen LogP contribution in [0, 0.1) is 11.3 Å². The van der Waals surface area contributed by atoms with Crippen LogP contribution in [0.2, 0.25) is 0 Å². The number of nitrogens with one attached hydrogen (secondary N) is 1. The number of amides is 1. The first-order chi connectivity index (χ1) is 16.4. The third-order valence-electron chi connectivity index (χ3n) is 6.25. The number of ketones is 1. The van der Waals surface area contributed by atoms with Crippen LogP contribution in [0.4, 0.5) is 4.79 Å². The van der Waals surface area contributed by atoms with Gasteiger partial charge in [-0.05, 0) is 29.9 Å². The zero-order valence-electron chi connectivity index (χ0n) is 19.4. The number of aromatic nitrogens is 2. The molecule has 2 aromatic heterocycles. The minimum Gasteiger partial charge on any atom is -0.446 e. The molecule has 0 bridgehead atoms. The molecule has 1 aliphatic rings. The van der Waals surface area contributed by atoms with Crippen LogP contribution < -0.4 is 5.32 Å². The summed E-state index contributed by atoms with van der Waals surface area (Å²) in [4.78, 5) is 31.1. The fourth-order valence-corrected chi connectivity index (χ4v) is 5.77. The maximum Gasteiger partial charge on any atom is 0.407 e. The number of nitrogens with zero attached hydrogens (tertiary/aromatic N) is 3. The molecule has 1 aliphatic carbocycles. The molecular formula is C26H28N4O3S. The second-order valence-electron chi connectivity index (χ2n) is 8.72. The lowest BCUT2D eigenvalue weighted by molar-refractivity contribution is -0.118. The summed E-state index contributed by atoms with van der Waals surface area (Å²) < 4.78 is 7.46. The van der Waals surface area contributed by atoms with Crippen molar-refractivity contribution >= 4 is 23.2 Å². The van der Waals surface area contributed by atoms with E-state index in [1.807, 2.05) is 48.1 Å². The minimum atomic E-state index is -0.473. The van der Waals surface area contributed by atoms with E-state index in [0.717, 1.165) is 26.7 Å². The highest BCUT2D eigenvalue weighted by Gasteiger charge is 2.28. The first kappa shape index (κ1) is 23.7. The Morgan fingerprint density at radius 2 is 2.15 bits per heavy atom. The Labute approximate surface area is 203 Å². The smallest absolute Gasteiger partial charge is 0.407 e. The molecule has 2 heterocycles. The first-order valence-corrected chi connectivity index (χ1v) is 12.3. The predicted molar refractivity (Wildman–Crippen MR) is 130 cm³/mol. The minimum absolute atomic E-state index is 0.132. The fraction of sp³-hybridized carbons (Fsp3) is 0.385. The predicted octanol–water partition coefficient (Wildman–Crippen LogP) is 4.44. The zero-order valence-corrected chi connectivity index (χ0v) is 20.2. The van der Waals surface area contributed by atoms with Crippen LogP contribution in [0.3, 0.4) is 0 Å². The molecule has 176 valence electrons. The van der Waals surface area contributed by atoms with E-state index in [0.29, 0.717) is 37.8 Å². The van der Waals surface area contributed by atoms with Crippen molar-refractivity contribution in [1.29, 1.82) is 5.26 Å². The van der Waals surface area contributed by atoms with E-state index in [-0.39, 0.29) is 24.2 Å². The summed E-state index contributed by atoms with van der Waals surface area (Å²) in [5.41, 5.74) is 2.79. The summed E-state index contributed by atoms with van der Waals surface area (Å²) in [6, 6.07) is 12.3. The Balaban J connectivity index is 1.35. The number of imidazole rings is 1. The largest absolute Gasteiger partial charge is 0.446 e. The van der Waals surface area contributed by atoms with Gasteiger partial charge in [-0.1, -0.05) is 37.3 Å². The third kappa shape index (κ3) is 5.54. The van der Waals surface area contributed by atoms with Gasteiger partial charge in [-0.2, -0.15) is 5.26 Å². The molecule has 2 atom stereocenters. The van der Waals surface area contributed by atoms with E-state index < -0.39 is 6.09 Å². The van der Waals surface area contributed by atoms with E-state index in [4.69, 9.17) is 4.74 Å². The molecule has 1 aromatic carbocycles. The Morgan fingerprint density at radius 3 is 2.85 bits per heavy atom. The van der Waals surface area contributed by atoms with Crippen molar-refractivity contribution in [3.8, 4) is 6.07 Å². The van der Waals surface area contributed by atoms with Crippen LogP contribution in [-0.2, 0) is 42.4 Å². The number of ether oxygens (including phenoxy) is 1. The number of hydrogen-bond donors (Lipinski definition) is 1. The second-order valence-corrected chi connectivity index (χ2v) is 9.91. The normalized spacial score (nSPS) is 15.7. The Kier molecular flexibility index (Phi) is 7.43. The van der Waals surface area contributed by atoms with E-state index in [1.54, 1.807) is 6.20 Å². The summed E-state index contributed by atoms with van der Waals surface area (Å²) in [7, 11) is 1.87. The molecular weight excluding hydrogens is 448 g/mol. The number of Topliss-reactive ketones (excluding diaryl/α,β-unsaturated/α-hetero) is 1. The number of rotatable bonds is 8. The number of benzene rings is 1. The average molecular weight is 477 g/mol. The average Bonchev–Trinajstić information content (AvgIpc) is 3.39. The number of carbonyl (C=O) groups is 2. The van der Waals surface area contributed by atoms with Crippen LogP contribution in [0.1, 0.15) is 58.0 Å². The molecule has 34 heavy (non-hydrogen) atoms. The molecule has 1 amide bonds. The van der Waals surface area contributed by atoms with Gasteiger partial charge in [0.25, 0.3) is 0 Å². The van der Waals surface area contributed by atoms with Crippen molar-refractivity contribution < 1.29 is 14.3 Å². The van der Waals surface area contributed by atoms with Crippen molar-refractivity contribution in [2.75, 3.05) is 0 Å². The molecule has 0 saturated heterocycles. The van der Waals surface area contributed by atoms with E-state index in [2.05, 4.69) is 23.3 Å². The number of alkyl carbamates (subject to hydrolysis) is 1. The summed E-state index contributed by atoms with van der Waals surface area (Å²) in [5, 5.41) is 12.5. The Morgan fingerprint density at radius 1 is 1.35 bits per heavy atom. The van der Waals surface area contributed by atoms with Crippen molar-refractivity contribution in [1.82, 2.24) is 14.9 Å². The molecule has 1 N–H and O–H groups in total. The lowest BCUT2D eigenvalue weighted by atomic mass is 9.91. The van der Waals surface area contributed by atoms with Gasteiger partial charge in [-0.3, -0.25) is 4.79 Å². The SMILES string of the molecule is CC(CC(=O)Cc1sc2c(c1C#N)CCC(OC(=O)NCc1nccn1C)C2)c1ccccc1. The maximum atomic E-state index is 12.8. The van der Waals surface area contributed by atoms with Crippen LogP contribution in [0.15, 0.2) is 42.7 Å². The Bertz CT molecular complexity index is 1210. The van der Waals surface area contributed by atoms with Gasteiger partial charge >= 0.3 is 6.09 Å². The molecule has 3 aromatic rings. The van der Waals surface area contributed by atoms with Gasteiger partial charge in [0.2, 0.25) is 0 Å². The standard InChI is InChI=1S/C26H28N4O3S/c1-17(18-6-4-3-5-7-18)12-19(31)13-23-22(15-27)21-9-8-20(14-24(21)34-23)33-26(32)29-16-25-28-10-11-30(25)2/h3-7,10-11,17,20H,8-9,12-14,16H2,1-2H3,(H,29,32). The fourth-order valence-electron chi connectivity index (χ4n) is 4.37. The maximum absolute atomic E-state index is 12.8. The number of nitriles is 1. The number of thiophene rings is 1. The lowest BCUT2D eigenvalue weighted by Crippen LogP contribution is -2.32. The zero-order chi connectivity index (χ0) is 24.1. The molecule has 0 saturated carbocycles. The van der Waals surface area contributed by atoms with Gasteiger partial charge in [0.1, 0.15) is 23.8 Å². The molecule has 0 spiro atoms. The highest BCUT2D eigenvalue weighted by Crippen LogP contribution is 2.36. The molecule has 8 heteroatoms. The molecule has 4 rings (SSSR count). The van der Waals surface area contributed by atoms with Gasteiger partial charge in [0.15, 0.2) is 0 Å². The topological polar surface area (TPSA) is 97.0 Å². The molecule has 0 fully saturated rings. The summed E-state index contributed by atoms with van der Waals surface area (Å²) >= 11 is 1.51. The number of carbonyl (C=O) groups excluding carboxylic acids is 2. The van der Waals surface area contributed by atoms with Gasteiger partial charge < -0.3 is 14.6 Å². The molecule has 7 nitrogen and oxygen atoms in total. The molecule has 0 radical (unpaired) electrons. The van der Waals surface area contributed by atoms with Gasteiger partial charge in [0.05, 0.1) is 12.1 Å². The van der Waals surface area contributed by atoms with Crippen molar-refractivity contribution in [3.63, 3.8) is 0 Å². The monoisotopic (exact) mass is 476 g/mol. The van der Waals surface area contributed by atoms with Crippen LogP contribution in [0.25, 0.3) is 0 Å². The molecule has 0 aliphatic heterocycles. The van der Waals surface area contributed by atoms with Crippen molar-refractivity contribution in [2.45, 2.75) is 57.6 Å². The Hall–Kier alpha value is -3.44. The van der Waals surface area contributed by atoms with Gasteiger partial charge in [-0.25, -0.2) is 9.78 Å². The van der Waals surface area contributed by atoms with Crippen molar-refractivity contribution in [3.05, 3.63) is 75.0 Å². The quantitative estimate of drug-likeness (QED) is 0.518. The second kappa shape index (κ2) is 10.7. The van der Waals surface area contributed by atoms with Gasteiger partial charge in [0, 0.05) is 48.5 Å². The van der Waals surface area contributed by atoms with Crippen LogP contribution in [0.5, 0.6) is 0 Å². The number of hydrogen-bond acceptors (Lipinski definition) is 6. The van der Waals surface area contributed by atoms with Crippen molar-refractivity contribution in [2.24, 2.45) is 7.05 Å². The number of aryl methyl sites for hydroxylation is 1. The van der Waals surface area contributed by atoms with Gasteiger partial charge in [-0.15, -0.1) is 11.3 Å². The highest BCUT2D eigenvalue weighted by atomic mass is 32.1. The van der Waals surface area contributed by atoms with E-state index in [9.17, 15) is 14.9 Å². The van der Waals surface area contributed by atoms with E-state index >= 15 is 0 Å². The number of fused-ring (bicyclic) bond motifs is 1. The molecule has 2 unspecified atom stereocenters.